The summed E-state index contributed by atoms with van der Waals surface area (Å²) in [5, 5.41) is 0.952. The molecule has 2 aromatic carbocycles. The monoisotopic (exact) mass is 459 g/mol. The predicted molar refractivity (Wildman–Crippen MR) is 134 cm³/mol. The lowest BCUT2D eigenvalue weighted by molar-refractivity contribution is 0.0559. The minimum atomic E-state index is -0.0996. The zero-order valence-electron chi connectivity index (χ0n) is 20.2. The maximum Gasteiger partial charge on any atom is 0.257 e. The third kappa shape index (κ3) is 5.38. The Morgan fingerprint density at radius 3 is 2.71 bits per heavy atom. The van der Waals surface area contributed by atoms with E-state index in [-0.39, 0.29) is 17.9 Å². The summed E-state index contributed by atoms with van der Waals surface area (Å²) in [6, 6.07) is 16.8. The molecule has 0 bridgehead atoms. The van der Waals surface area contributed by atoms with Crippen molar-refractivity contribution >= 4 is 22.7 Å². The van der Waals surface area contributed by atoms with Crippen LogP contribution in [0.2, 0.25) is 0 Å². The van der Waals surface area contributed by atoms with E-state index in [0.29, 0.717) is 42.5 Å². The average molecular weight is 460 g/mol. The average Bonchev–Trinajstić information content (AvgIpc) is 2.85. The quantitative estimate of drug-likeness (QED) is 0.551. The molecule has 34 heavy (non-hydrogen) atoms. The second kappa shape index (κ2) is 10.7. The number of hydrogen-bond acceptors (Lipinski definition) is 4. The zero-order chi connectivity index (χ0) is 24.1. The Hall–Kier alpha value is -3.41. The van der Waals surface area contributed by atoms with Crippen LogP contribution in [0.5, 0.6) is 5.75 Å². The molecule has 6 nitrogen and oxygen atoms in total. The van der Waals surface area contributed by atoms with Crippen molar-refractivity contribution < 1.29 is 14.3 Å². The van der Waals surface area contributed by atoms with E-state index >= 15 is 0 Å². The van der Waals surface area contributed by atoms with Crippen LogP contribution in [0.15, 0.2) is 60.8 Å². The van der Waals surface area contributed by atoms with E-state index in [1.165, 1.54) is 0 Å². The van der Waals surface area contributed by atoms with Crippen molar-refractivity contribution in [1.82, 2.24) is 14.8 Å². The Bertz CT molecular complexity index is 1160. The minimum Gasteiger partial charge on any atom is -0.491 e. The largest absolute Gasteiger partial charge is 0.491 e. The molecule has 1 aromatic heterocycles. The van der Waals surface area contributed by atoms with Crippen LogP contribution in [0.4, 0.5) is 0 Å². The number of carbonyl (C=O) groups is 2. The van der Waals surface area contributed by atoms with Crippen molar-refractivity contribution in [2.24, 2.45) is 5.92 Å². The lowest BCUT2D eigenvalue weighted by Gasteiger charge is -2.34. The van der Waals surface area contributed by atoms with Crippen LogP contribution in [0.1, 0.15) is 53.8 Å². The van der Waals surface area contributed by atoms with Gasteiger partial charge in [0.05, 0.1) is 17.1 Å². The van der Waals surface area contributed by atoms with Gasteiger partial charge in [0.15, 0.2) is 0 Å². The highest BCUT2D eigenvalue weighted by Crippen LogP contribution is 2.24. The van der Waals surface area contributed by atoms with Crippen LogP contribution in [-0.2, 0) is 0 Å². The van der Waals surface area contributed by atoms with E-state index in [4.69, 9.17) is 4.74 Å². The zero-order valence-corrected chi connectivity index (χ0v) is 20.2. The number of amides is 2. The summed E-state index contributed by atoms with van der Waals surface area (Å²) in [5.41, 5.74) is 2.10. The second-order valence-electron chi connectivity index (χ2n) is 9.43. The summed E-state index contributed by atoms with van der Waals surface area (Å²) in [7, 11) is 1.82. The molecule has 1 aliphatic heterocycles. The number of pyridine rings is 1. The summed E-state index contributed by atoms with van der Waals surface area (Å²) in [5.74, 6) is 0.933. The van der Waals surface area contributed by atoms with Gasteiger partial charge in [0.25, 0.3) is 11.8 Å². The molecule has 0 N–H and O–H groups in total. The number of hydrogen-bond donors (Lipinski definition) is 0. The lowest BCUT2D eigenvalue weighted by Crippen LogP contribution is -2.45. The van der Waals surface area contributed by atoms with Crippen molar-refractivity contribution in [1.29, 1.82) is 0 Å². The van der Waals surface area contributed by atoms with Gasteiger partial charge in [-0.3, -0.25) is 14.6 Å². The summed E-state index contributed by atoms with van der Waals surface area (Å²) >= 11 is 0. The number of benzene rings is 2. The Morgan fingerprint density at radius 2 is 1.88 bits per heavy atom. The Kier molecular flexibility index (Phi) is 7.46. The van der Waals surface area contributed by atoms with Gasteiger partial charge in [-0.1, -0.05) is 32.0 Å². The van der Waals surface area contributed by atoms with Crippen molar-refractivity contribution in [3.05, 3.63) is 71.9 Å². The Labute approximate surface area is 201 Å². The van der Waals surface area contributed by atoms with E-state index in [1.54, 1.807) is 11.1 Å². The fourth-order valence-electron chi connectivity index (χ4n) is 4.55. The molecule has 1 atom stereocenters. The van der Waals surface area contributed by atoms with Gasteiger partial charge in [-0.15, -0.1) is 0 Å². The minimum absolute atomic E-state index is 0.00905. The van der Waals surface area contributed by atoms with Gasteiger partial charge in [0, 0.05) is 37.3 Å². The highest BCUT2D eigenvalue weighted by molar-refractivity contribution is 5.98. The van der Waals surface area contributed by atoms with E-state index < -0.39 is 0 Å². The van der Waals surface area contributed by atoms with Crippen molar-refractivity contribution in [3.63, 3.8) is 0 Å². The number of ether oxygens (including phenoxy) is 1. The fraction of sp³-hybridized carbons (Fsp3) is 0.393. The lowest BCUT2D eigenvalue weighted by atomic mass is 10.0. The molecule has 1 aliphatic rings. The molecule has 3 aromatic rings. The Morgan fingerprint density at radius 1 is 1.09 bits per heavy atom. The number of carbonyl (C=O) groups excluding carboxylic acids is 2. The normalized spacial score (nSPS) is 17.6. The maximum absolute atomic E-state index is 13.8. The van der Waals surface area contributed by atoms with Crippen LogP contribution in [0.25, 0.3) is 10.9 Å². The van der Waals surface area contributed by atoms with Crippen molar-refractivity contribution in [2.45, 2.75) is 39.2 Å². The molecular formula is C28H33N3O3. The molecule has 0 spiro atoms. The van der Waals surface area contributed by atoms with Gasteiger partial charge < -0.3 is 14.5 Å². The molecule has 2 amide bonds. The van der Waals surface area contributed by atoms with Crippen molar-refractivity contribution in [3.8, 4) is 5.75 Å². The Balaban J connectivity index is 1.67. The first-order valence-electron chi connectivity index (χ1n) is 12.1. The summed E-state index contributed by atoms with van der Waals surface area (Å²) in [6.45, 7) is 5.91. The summed E-state index contributed by atoms with van der Waals surface area (Å²) in [6.07, 6.45) is 4.21. The van der Waals surface area contributed by atoms with Crippen LogP contribution in [0, 0.1) is 5.92 Å². The molecule has 2 heterocycles. The number of aromatic nitrogens is 1. The number of fused-ring (bicyclic) bond motifs is 2. The molecule has 178 valence electrons. The standard InChI is InChI=1S/C28H33N3O3/c1-20(2)17-23-19-34-26-11-5-4-10-24(26)28(33)30(3)15-6-7-16-31(23)27(32)22-12-13-25-21(18-22)9-8-14-29-25/h4-5,8-14,18,20,23H,6-7,15-17,19H2,1-3H3/t23-/m0/s1. The van der Waals surface area contributed by atoms with Crippen LogP contribution < -0.4 is 4.74 Å². The maximum atomic E-state index is 13.8. The number of rotatable bonds is 3. The van der Waals surface area contributed by atoms with Gasteiger partial charge in [0.2, 0.25) is 0 Å². The summed E-state index contributed by atoms with van der Waals surface area (Å²) < 4.78 is 6.23. The molecule has 0 unspecified atom stereocenters. The van der Waals surface area contributed by atoms with E-state index in [9.17, 15) is 9.59 Å². The van der Waals surface area contributed by atoms with Crippen LogP contribution >= 0.6 is 0 Å². The SMILES string of the molecule is CC(C)C[C@H]1COc2ccccc2C(=O)N(C)CCCCN1C(=O)c1ccc2ncccc2c1. The van der Waals surface area contributed by atoms with Gasteiger partial charge in [-0.25, -0.2) is 0 Å². The second-order valence-corrected chi connectivity index (χ2v) is 9.43. The van der Waals surface area contributed by atoms with Gasteiger partial charge in [-0.2, -0.15) is 0 Å². The predicted octanol–water partition coefficient (Wildman–Crippen LogP) is 5.04. The molecule has 6 heteroatoms. The first-order chi connectivity index (χ1) is 16.4. The third-order valence-electron chi connectivity index (χ3n) is 6.33. The molecule has 0 radical (unpaired) electrons. The molecule has 4 rings (SSSR count). The molecular weight excluding hydrogens is 426 g/mol. The fourth-order valence-corrected chi connectivity index (χ4v) is 4.55. The van der Waals surface area contributed by atoms with Gasteiger partial charge in [0.1, 0.15) is 12.4 Å². The summed E-state index contributed by atoms with van der Waals surface area (Å²) in [4.78, 5) is 34.8. The van der Waals surface area contributed by atoms with E-state index in [2.05, 4.69) is 18.8 Å². The van der Waals surface area contributed by atoms with Gasteiger partial charge in [-0.05, 0) is 61.6 Å². The third-order valence-corrected chi connectivity index (χ3v) is 6.33. The van der Waals surface area contributed by atoms with E-state index in [1.807, 2.05) is 66.5 Å². The van der Waals surface area contributed by atoms with E-state index in [0.717, 1.165) is 30.2 Å². The van der Waals surface area contributed by atoms with Crippen LogP contribution in [-0.4, -0.2) is 59.4 Å². The molecule has 0 aliphatic carbocycles. The molecule has 0 saturated heterocycles. The van der Waals surface area contributed by atoms with Crippen LogP contribution in [0.3, 0.4) is 0 Å². The van der Waals surface area contributed by atoms with Gasteiger partial charge >= 0.3 is 0 Å². The topological polar surface area (TPSA) is 62.7 Å². The highest BCUT2D eigenvalue weighted by Gasteiger charge is 2.28. The smallest absolute Gasteiger partial charge is 0.257 e. The first kappa shape index (κ1) is 23.7. The molecule has 0 saturated carbocycles. The number of nitrogens with zero attached hydrogens (tertiary/aromatic N) is 3. The highest BCUT2D eigenvalue weighted by atomic mass is 16.5. The number of para-hydroxylation sites is 1. The first-order valence-corrected chi connectivity index (χ1v) is 12.1. The molecule has 0 fully saturated rings. The van der Waals surface area contributed by atoms with Crippen molar-refractivity contribution in [2.75, 3.05) is 26.7 Å².